The number of aromatic amines is 1. The minimum absolute atomic E-state index is 0.0726. The van der Waals surface area contributed by atoms with Crippen LogP contribution in [0.1, 0.15) is 33.6 Å². The quantitative estimate of drug-likeness (QED) is 0.191. The molecule has 0 bridgehead atoms. The van der Waals surface area contributed by atoms with Crippen molar-refractivity contribution in [2.45, 2.75) is 26.4 Å². The van der Waals surface area contributed by atoms with Crippen LogP contribution in [0, 0.1) is 13.8 Å². The number of hydrogen-bond donors (Lipinski definition) is 5. The molecule has 5 N–H and O–H groups in total. The number of carbonyl (C=O) groups excluding carboxylic acids is 1. The molecule has 13 heteroatoms. The van der Waals surface area contributed by atoms with E-state index in [-0.39, 0.29) is 18.5 Å². The topological polar surface area (TPSA) is 145 Å². The molecular weight excluding hydrogens is 515 g/mol. The van der Waals surface area contributed by atoms with E-state index in [1.54, 1.807) is 31.2 Å². The maximum absolute atomic E-state index is 13.0. The van der Waals surface area contributed by atoms with Crippen LogP contribution in [0.5, 0.6) is 0 Å². The van der Waals surface area contributed by atoms with Gasteiger partial charge in [-0.1, -0.05) is 12.1 Å². The molecule has 202 valence electrons. The molecule has 0 radical (unpaired) electrons. The number of H-pyrrole nitrogens is 1. The second kappa shape index (κ2) is 11.2. The first-order chi connectivity index (χ1) is 18.5. The van der Waals surface area contributed by atoms with Crippen molar-refractivity contribution in [3.05, 3.63) is 77.2 Å². The lowest BCUT2D eigenvalue weighted by Gasteiger charge is -2.14. The maximum Gasteiger partial charge on any atom is 0.416 e. The average molecular weight is 540 g/mol. The van der Waals surface area contributed by atoms with E-state index in [0.29, 0.717) is 40.0 Å². The van der Waals surface area contributed by atoms with Gasteiger partial charge in [-0.05, 0) is 49.7 Å². The molecule has 0 aliphatic carbocycles. The smallest absolute Gasteiger partial charge is 0.416 e. The molecule has 0 aliphatic heterocycles. The van der Waals surface area contributed by atoms with Gasteiger partial charge in [-0.15, -0.1) is 0 Å². The molecule has 0 saturated carbocycles. The summed E-state index contributed by atoms with van der Waals surface area (Å²) < 4.78 is 39.1. The van der Waals surface area contributed by atoms with Crippen LogP contribution in [0.3, 0.4) is 0 Å². The van der Waals surface area contributed by atoms with E-state index < -0.39 is 23.6 Å². The number of aryl methyl sites for hydroxylation is 2. The molecule has 2 heterocycles. The highest BCUT2D eigenvalue weighted by molar-refractivity contribution is 6.04. The van der Waals surface area contributed by atoms with Gasteiger partial charge >= 0.3 is 12.1 Å². The lowest BCUT2D eigenvalue weighted by atomic mass is 10.1. The third kappa shape index (κ3) is 6.69. The summed E-state index contributed by atoms with van der Waals surface area (Å²) in [6.07, 6.45) is -3.28. The Kier molecular flexibility index (Phi) is 7.79. The monoisotopic (exact) mass is 539 g/mol. The number of carboxylic acids is 1. The first kappa shape index (κ1) is 27.1. The molecular formula is C26H24F3N7O3. The van der Waals surface area contributed by atoms with E-state index in [9.17, 15) is 22.8 Å². The van der Waals surface area contributed by atoms with Crippen molar-refractivity contribution in [2.75, 3.05) is 22.5 Å². The zero-order valence-corrected chi connectivity index (χ0v) is 20.8. The summed E-state index contributed by atoms with van der Waals surface area (Å²) in [7, 11) is 0. The summed E-state index contributed by atoms with van der Waals surface area (Å²) in [5.41, 5.74) is 2.59. The van der Waals surface area contributed by atoms with Crippen molar-refractivity contribution in [1.82, 2.24) is 20.2 Å². The second-order valence-corrected chi connectivity index (χ2v) is 8.61. The van der Waals surface area contributed by atoms with E-state index in [2.05, 4.69) is 36.1 Å². The number of carboxylic acid groups (broad SMARTS) is 1. The van der Waals surface area contributed by atoms with Crippen LogP contribution < -0.4 is 16.0 Å². The number of aromatic nitrogens is 4. The molecule has 10 nitrogen and oxygen atoms in total. The Morgan fingerprint density at radius 1 is 1.05 bits per heavy atom. The number of rotatable bonds is 9. The highest BCUT2D eigenvalue weighted by Crippen LogP contribution is 2.33. The number of nitrogens with zero attached hydrogens (tertiary/aromatic N) is 3. The Bertz CT molecular complexity index is 1520. The lowest BCUT2D eigenvalue weighted by Crippen LogP contribution is -2.14. The van der Waals surface area contributed by atoms with E-state index in [4.69, 9.17) is 5.11 Å². The van der Waals surface area contributed by atoms with Gasteiger partial charge < -0.3 is 21.1 Å². The number of amides is 1. The number of carbonyl (C=O) groups is 2. The van der Waals surface area contributed by atoms with Crippen LogP contribution in [0.25, 0.3) is 11.3 Å². The minimum atomic E-state index is -4.56. The van der Waals surface area contributed by atoms with Crippen LogP contribution in [0.2, 0.25) is 0 Å². The van der Waals surface area contributed by atoms with Gasteiger partial charge in [0.2, 0.25) is 0 Å². The SMILES string of the molecule is Cc1ccc(NC(=O)c2cccc(C(F)(F)F)c2)cc1Nc1[nH]nc(C)c1-c1cc(NCCC(=O)O)ncn1. The van der Waals surface area contributed by atoms with Crippen molar-refractivity contribution in [3.8, 4) is 11.3 Å². The molecule has 39 heavy (non-hydrogen) atoms. The standard InChI is InChI=1S/C26H24F3N7O3/c1-14-6-7-18(33-25(39)16-4-3-5-17(10-16)26(27,28)29)11-19(14)34-24-23(15(2)35-36-24)20-12-21(32-13-31-20)30-9-8-22(37)38/h3-7,10-13H,8-9H2,1-2H3,(H,33,39)(H,37,38)(H,30,31,32)(H2,34,35,36). The molecule has 0 atom stereocenters. The largest absolute Gasteiger partial charge is 0.481 e. The zero-order chi connectivity index (χ0) is 28.2. The number of aliphatic carboxylic acids is 1. The third-order valence-electron chi connectivity index (χ3n) is 5.72. The van der Waals surface area contributed by atoms with Gasteiger partial charge in [0.15, 0.2) is 0 Å². The van der Waals surface area contributed by atoms with E-state index >= 15 is 0 Å². The van der Waals surface area contributed by atoms with Crippen LogP contribution in [0.4, 0.5) is 36.2 Å². The van der Waals surface area contributed by atoms with E-state index in [1.165, 1.54) is 18.5 Å². The fourth-order valence-electron chi connectivity index (χ4n) is 3.73. The Balaban J connectivity index is 1.55. The summed E-state index contributed by atoms with van der Waals surface area (Å²) in [6.45, 7) is 3.83. The molecule has 4 aromatic rings. The molecule has 2 aromatic carbocycles. The number of halogens is 3. The predicted molar refractivity (Wildman–Crippen MR) is 139 cm³/mol. The Labute approximate surface area is 220 Å². The van der Waals surface area contributed by atoms with Crippen molar-refractivity contribution in [3.63, 3.8) is 0 Å². The molecule has 0 aliphatic rings. The van der Waals surface area contributed by atoms with Gasteiger partial charge in [-0.25, -0.2) is 9.97 Å². The van der Waals surface area contributed by atoms with Gasteiger partial charge in [-0.3, -0.25) is 14.7 Å². The van der Waals surface area contributed by atoms with E-state index in [1.807, 2.05) is 6.92 Å². The van der Waals surface area contributed by atoms with Gasteiger partial charge in [0.25, 0.3) is 5.91 Å². The number of nitrogens with one attached hydrogen (secondary N) is 4. The third-order valence-corrected chi connectivity index (χ3v) is 5.72. The number of benzene rings is 2. The first-order valence-corrected chi connectivity index (χ1v) is 11.7. The second-order valence-electron chi connectivity index (χ2n) is 8.61. The normalized spacial score (nSPS) is 11.2. The average Bonchev–Trinajstić information content (AvgIpc) is 3.25. The molecule has 2 aromatic heterocycles. The fraction of sp³-hybridized carbons (Fsp3) is 0.192. The van der Waals surface area contributed by atoms with Crippen LogP contribution in [-0.2, 0) is 11.0 Å². The summed E-state index contributed by atoms with van der Waals surface area (Å²) in [6, 6.07) is 10.9. The van der Waals surface area contributed by atoms with E-state index in [0.717, 1.165) is 17.7 Å². The van der Waals surface area contributed by atoms with Gasteiger partial charge in [0.1, 0.15) is 18.0 Å². The molecule has 0 spiro atoms. The number of alkyl halides is 3. The van der Waals surface area contributed by atoms with Crippen molar-refractivity contribution < 1.29 is 27.9 Å². The van der Waals surface area contributed by atoms with Gasteiger partial charge in [0, 0.05) is 29.5 Å². The van der Waals surface area contributed by atoms with Crippen LogP contribution in [-0.4, -0.2) is 43.7 Å². The maximum atomic E-state index is 13.0. The summed E-state index contributed by atoms with van der Waals surface area (Å²) >= 11 is 0. The molecule has 0 saturated heterocycles. The highest BCUT2D eigenvalue weighted by Gasteiger charge is 2.31. The minimum Gasteiger partial charge on any atom is -0.481 e. The number of anilines is 4. The summed E-state index contributed by atoms with van der Waals surface area (Å²) in [5, 5.41) is 24.8. The van der Waals surface area contributed by atoms with Crippen LogP contribution in [0.15, 0.2) is 54.9 Å². The van der Waals surface area contributed by atoms with Gasteiger partial charge in [0.05, 0.1) is 28.9 Å². The Hall–Kier alpha value is -4.94. The van der Waals surface area contributed by atoms with Crippen molar-refractivity contribution in [2.24, 2.45) is 0 Å². The van der Waals surface area contributed by atoms with Crippen molar-refractivity contribution >= 4 is 34.9 Å². The number of hydrogen-bond acceptors (Lipinski definition) is 7. The lowest BCUT2D eigenvalue weighted by molar-refractivity contribution is -0.138. The Morgan fingerprint density at radius 2 is 1.85 bits per heavy atom. The van der Waals surface area contributed by atoms with Gasteiger partial charge in [-0.2, -0.15) is 18.3 Å². The zero-order valence-electron chi connectivity index (χ0n) is 20.8. The Morgan fingerprint density at radius 3 is 2.59 bits per heavy atom. The molecule has 0 unspecified atom stereocenters. The van der Waals surface area contributed by atoms with Crippen LogP contribution >= 0.6 is 0 Å². The summed E-state index contributed by atoms with van der Waals surface area (Å²) in [4.78, 5) is 31.9. The molecule has 4 rings (SSSR count). The highest BCUT2D eigenvalue weighted by atomic mass is 19.4. The predicted octanol–water partition coefficient (Wildman–Crippen LogP) is 5.38. The summed E-state index contributed by atoms with van der Waals surface area (Å²) in [5.74, 6) is -0.661. The molecule has 1 amide bonds. The fourth-order valence-corrected chi connectivity index (χ4v) is 3.73. The first-order valence-electron chi connectivity index (χ1n) is 11.7. The van der Waals surface area contributed by atoms with Crippen molar-refractivity contribution in [1.29, 1.82) is 0 Å². The molecule has 0 fully saturated rings.